The van der Waals surface area contributed by atoms with Crippen LogP contribution in [-0.4, -0.2) is 39.2 Å². The van der Waals surface area contributed by atoms with Crippen LogP contribution in [0.15, 0.2) is 0 Å². The lowest BCUT2D eigenvalue weighted by Crippen LogP contribution is -2.44. The zero-order valence-corrected chi connectivity index (χ0v) is 9.22. The summed E-state index contributed by atoms with van der Waals surface area (Å²) in [5, 5.41) is 0. The fraction of sp³-hybridized carbons (Fsp3) is 1.00. The first-order valence-corrected chi connectivity index (χ1v) is 6.84. The van der Waals surface area contributed by atoms with Crippen molar-refractivity contribution >= 4 is 9.84 Å². The summed E-state index contributed by atoms with van der Waals surface area (Å²) in [6.45, 7) is 0.752. The molecule has 0 bridgehead atoms. The topological polar surface area (TPSA) is 81.4 Å². The quantitative estimate of drug-likeness (QED) is 0.481. The van der Waals surface area contributed by atoms with Crippen LogP contribution in [-0.2, 0) is 14.6 Å². The molecule has 0 aliphatic carbocycles. The summed E-state index contributed by atoms with van der Waals surface area (Å²) in [4.78, 5) is 0. The van der Waals surface area contributed by atoms with E-state index in [4.69, 9.17) is 10.6 Å². The summed E-state index contributed by atoms with van der Waals surface area (Å²) in [5.41, 5.74) is 2.63. The third kappa shape index (κ3) is 3.91. The number of hydrogen-bond acceptors (Lipinski definition) is 5. The molecule has 0 aromatic carbocycles. The van der Waals surface area contributed by atoms with Gasteiger partial charge in [0.15, 0.2) is 0 Å². The highest BCUT2D eigenvalue weighted by molar-refractivity contribution is 7.90. The second-order valence-corrected chi connectivity index (χ2v) is 6.00. The molecule has 2 atom stereocenters. The summed E-state index contributed by atoms with van der Waals surface area (Å²) < 4.78 is 27.3. The van der Waals surface area contributed by atoms with E-state index in [2.05, 4.69) is 5.43 Å². The van der Waals surface area contributed by atoms with Crippen molar-refractivity contribution in [2.45, 2.75) is 31.4 Å². The summed E-state index contributed by atoms with van der Waals surface area (Å²) in [6.07, 6.45) is 3.80. The molecule has 0 saturated carbocycles. The summed E-state index contributed by atoms with van der Waals surface area (Å²) in [6, 6.07) is -0.0489. The predicted octanol–water partition coefficient (Wildman–Crippen LogP) is -0.568. The lowest BCUT2D eigenvalue weighted by molar-refractivity contribution is 0.0774. The lowest BCUT2D eigenvalue weighted by Gasteiger charge is -2.21. The van der Waals surface area contributed by atoms with E-state index < -0.39 is 9.84 Å². The SMILES string of the molecule is CS(=O)(=O)CCC(NN)C1CCCO1. The number of hydrazine groups is 1. The fourth-order valence-corrected chi connectivity index (χ4v) is 2.32. The van der Waals surface area contributed by atoms with E-state index in [1.807, 2.05) is 0 Å². The first-order chi connectivity index (χ1) is 6.53. The normalized spacial score (nSPS) is 25.1. The van der Waals surface area contributed by atoms with Gasteiger partial charge in [0.1, 0.15) is 9.84 Å². The van der Waals surface area contributed by atoms with Gasteiger partial charge in [0.2, 0.25) is 0 Å². The second kappa shape index (κ2) is 5.06. The van der Waals surface area contributed by atoms with E-state index in [1.54, 1.807) is 0 Å². The minimum Gasteiger partial charge on any atom is -0.377 e. The maximum Gasteiger partial charge on any atom is 0.147 e. The highest BCUT2D eigenvalue weighted by atomic mass is 32.2. The molecule has 0 radical (unpaired) electrons. The molecule has 1 aliphatic rings. The number of nitrogens with two attached hydrogens (primary N) is 1. The Morgan fingerprint density at radius 2 is 2.36 bits per heavy atom. The molecular formula is C8H18N2O3S. The molecular weight excluding hydrogens is 204 g/mol. The molecule has 1 heterocycles. The molecule has 0 spiro atoms. The van der Waals surface area contributed by atoms with Gasteiger partial charge in [-0.05, 0) is 19.3 Å². The molecule has 1 aliphatic heterocycles. The van der Waals surface area contributed by atoms with Crippen molar-refractivity contribution in [1.29, 1.82) is 0 Å². The molecule has 3 N–H and O–H groups in total. The van der Waals surface area contributed by atoms with Gasteiger partial charge < -0.3 is 4.74 Å². The summed E-state index contributed by atoms with van der Waals surface area (Å²) in [7, 11) is -2.91. The Bertz CT molecular complexity index is 260. The standard InChI is InChI=1S/C8H18N2O3S/c1-14(11,12)6-4-7(10-9)8-3-2-5-13-8/h7-8,10H,2-6,9H2,1H3. The van der Waals surface area contributed by atoms with Crippen LogP contribution in [0.2, 0.25) is 0 Å². The Kier molecular flexibility index (Phi) is 4.31. The fourth-order valence-electron chi connectivity index (χ4n) is 1.64. The molecule has 1 rings (SSSR count). The highest BCUT2D eigenvalue weighted by Crippen LogP contribution is 2.17. The maximum absolute atomic E-state index is 11.0. The van der Waals surface area contributed by atoms with Gasteiger partial charge in [0.25, 0.3) is 0 Å². The predicted molar refractivity (Wildman–Crippen MR) is 54.4 cm³/mol. The number of nitrogens with one attached hydrogen (secondary N) is 1. The maximum atomic E-state index is 11.0. The average Bonchev–Trinajstić information content (AvgIpc) is 2.56. The highest BCUT2D eigenvalue weighted by Gasteiger charge is 2.25. The van der Waals surface area contributed by atoms with Crippen LogP contribution in [0.3, 0.4) is 0 Å². The molecule has 1 saturated heterocycles. The first kappa shape index (κ1) is 11.9. The molecule has 14 heavy (non-hydrogen) atoms. The zero-order chi connectivity index (χ0) is 10.6. The van der Waals surface area contributed by atoms with Crippen molar-refractivity contribution in [3.05, 3.63) is 0 Å². The van der Waals surface area contributed by atoms with Crippen LogP contribution in [0.25, 0.3) is 0 Å². The molecule has 0 amide bonds. The van der Waals surface area contributed by atoms with Crippen molar-refractivity contribution in [1.82, 2.24) is 5.43 Å². The lowest BCUT2D eigenvalue weighted by atomic mass is 10.1. The van der Waals surface area contributed by atoms with Gasteiger partial charge >= 0.3 is 0 Å². The molecule has 0 aromatic heterocycles. The van der Waals surface area contributed by atoms with Crippen LogP contribution in [0.1, 0.15) is 19.3 Å². The van der Waals surface area contributed by atoms with Gasteiger partial charge in [-0.25, -0.2) is 8.42 Å². The van der Waals surface area contributed by atoms with E-state index in [-0.39, 0.29) is 17.9 Å². The van der Waals surface area contributed by atoms with Gasteiger partial charge in [-0.3, -0.25) is 11.3 Å². The van der Waals surface area contributed by atoms with Crippen LogP contribution in [0, 0.1) is 0 Å². The first-order valence-electron chi connectivity index (χ1n) is 4.78. The molecule has 0 aromatic rings. The monoisotopic (exact) mass is 222 g/mol. The van der Waals surface area contributed by atoms with Crippen LogP contribution >= 0.6 is 0 Å². The smallest absolute Gasteiger partial charge is 0.147 e. The molecule has 1 fully saturated rings. The van der Waals surface area contributed by atoms with Crippen molar-refractivity contribution in [3.63, 3.8) is 0 Å². The molecule has 2 unspecified atom stereocenters. The van der Waals surface area contributed by atoms with Gasteiger partial charge in [-0.1, -0.05) is 0 Å². The van der Waals surface area contributed by atoms with Gasteiger partial charge in [-0.2, -0.15) is 0 Å². The second-order valence-electron chi connectivity index (χ2n) is 3.74. The van der Waals surface area contributed by atoms with Gasteiger partial charge in [-0.15, -0.1) is 0 Å². The van der Waals surface area contributed by atoms with Crippen LogP contribution < -0.4 is 11.3 Å². The molecule has 5 nitrogen and oxygen atoms in total. The van der Waals surface area contributed by atoms with Crippen LogP contribution in [0.4, 0.5) is 0 Å². The molecule has 6 heteroatoms. The van der Waals surface area contributed by atoms with Gasteiger partial charge in [0.05, 0.1) is 11.9 Å². The third-order valence-electron chi connectivity index (χ3n) is 2.43. The van der Waals surface area contributed by atoms with Gasteiger partial charge in [0, 0.05) is 18.9 Å². The number of hydrogen-bond donors (Lipinski definition) is 2. The summed E-state index contributed by atoms with van der Waals surface area (Å²) in [5.74, 6) is 5.51. The molecule has 84 valence electrons. The number of sulfone groups is 1. The minimum absolute atomic E-state index is 0.0489. The minimum atomic E-state index is -2.91. The number of rotatable bonds is 5. The Hall–Kier alpha value is -0.170. The Morgan fingerprint density at radius 3 is 2.79 bits per heavy atom. The Morgan fingerprint density at radius 1 is 1.64 bits per heavy atom. The van der Waals surface area contributed by atoms with Crippen LogP contribution in [0.5, 0.6) is 0 Å². The van der Waals surface area contributed by atoms with E-state index in [9.17, 15) is 8.42 Å². The largest absolute Gasteiger partial charge is 0.377 e. The van der Waals surface area contributed by atoms with E-state index >= 15 is 0 Å². The average molecular weight is 222 g/mol. The van der Waals surface area contributed by atoms with E-state index in [0.717, 1.165) is 19.4 Å². The third-order valence-corrected chi connectivity index (χ3v) is 3.40. The van der Waals surface area contributed by atoms with Crippen molar-refractivity contribution in [2.24, 2.45) is 5.84 Å². The van der Waals surface area contributed by atoms with E-state index in [0.29, 0.717) is 6.42 Å². The van der Waals surface area contributed by atoms with E-state index in [1.165, 1.54) is 6.26 Å². The number of ether oxygens (including phenoxy) is 1. The van der Waals surface area contributed by atoms with Crippen molar-refractivity contribution < 1.29 is 13.2 Å². The Balaban J connectivity index is 2.38. The zero-order valence-electron chi connectivity index (χ0n) is 8.40. The Labute approximate surface area is 84.9 Å². The van der Waals surface area contributed by atoms with Crippen molar-refractivity contribution in [2.75, 3.05) is 18.6 Å². The summed E-state index contributed by atoms with van der Waals surface area (Å²) >= 11 is 0. The van der Waals surface area contributed by atoms with Crippen molar-refractivity contribution in [3.8, 4) is 0 Å².